The molecule has 0 aliphatic carbocycles. The molecule has 0 aliphatic rings. The van der Waals surface area contributed by atoms with Gasteiger partial charge in [-0.2, -0.15) is 0 Å². The van der Waals surface area contributed by atoms with Crippen LogP contribution in [0.15, 0.2) is 12.1 Å². The molecule has 0 aliphatic heterocycles. The van der Waals surface area contributed by atoms with Crippen LogP contribution < -0.4 is 4.90 Å². The zero-order valence-electron chi connectivity index (χ0n) is 8.05. The van der Waals surface area contributed by atoms with Gasteiger partial charge in [0.2, 0.25) is 5.13 Å². The van der Waals surface area contributed by atoms with Crippen molar-refractivity contribution in [2.24, 2.45) is 0 Å². The third-order valence-corrected chi connectivity index (χ3v) is 3.94. The lowest BCUT2D eigenvalue weighted by molar-refractivity contribution is 0.855. The Balaban J connectivity index is 1.88. The Bertz CT molecular complexity index is 414. The van der Waals surface area contributed by atoms with E-state index in [4.69, 9.17) is 11.6 Å². The second kappa shape index (κ2) is 4.87. The highest BCUT2D eigenvalue weighted by molar-refractivity contribution is 7.16. The van der Waals surface area contributed by atoms with Gasteiger partial charge in [0.05, 0.1) is 4.34 Å². The van der Waals surface area contributed by atoms with E-state index in [1.54, 1.807) is 11.3 Å². The quantitative estimate of drug-likeness (QED) is 0.846. The molecular weight excluding hydrogens is 252 g/mol. The molecule has 4 nitrogen and oxygen atoms in total. The second-order valence-electron chi connectivity index (χ2n) is 3.02. The van der Waals surface area contributed by atoms with E-state index in [0.717, 1.165) is 22.4 Å². The zero-order valence-corrected chi connectivity index (χ0v) is 10.4. The lowest BCUT2D eigenvalue weighted by Gasteiger charge is -2.12. The summed E-state index contributed by atoms with van der Waals surface area (Å²) in [6.45, 7) is 0.897. The number of anilines is 1. The van der Waals surface area contributed by atoms with Gasteiger partial charge in [-0.1, -0.05) is 21.2 Å². The summed E-state index contributed by atoms with van der Waals surface area (Å²) >= 11 is 8.77. The van der Waals surface area contributed by atoms with E-state index in [-0.39, 0.29) is 0 Å². The molecule has 2 aromatic rings. The summed E-state index contributed by atoms with van der Waals surface area (Å²) < 4.78 is 4.56. The first kappa shape index (κ1) is 10.8. The van der Waals surface area contributed by atoms with Gasteiger partial charge in [-0.05, 0) is 23.8 Å². The number of halogens is 1. The van der Waals surface area contributed by atoms with Gasteiger partial charge in [0, 0.05) is 30.0 Å². The number of nitrogens with zero attached hydrogens (tertiary/aromatic N) is 4. The molecular formula is C8H9ClN4S2. The van der Waals surface area contributed by atoms with Crippen molar-refractivity contribution in [3.63, 3.8) is 0 Å². The monoisotopic (exact) mass is 260 g/mol. The van der Waals surface area contributed by atoms with E-state index < -0.39 is 0 Å². The van der Waals surface area contributed by atoms with Crippen molar-refractivity contribution in [1.82, 2.24) is 14.8 Å². The molecule has 80 valence electrons. The SMILES string of the molecule is CN(CCc1ccc(Cl)s1)c1nnns1. The number of thiophene rings is 1. The molecule has 2 aromatic heterocycles. The minimum absolute atomic E-state index is 0.838. The molecule has 0 fully saturated rings. The minimum atomic E-state index is 0.838. The molecule has 0 saturated carbocycles. The van der Waals surface area contributed by atoms with Crippen LogP contribution in [0.5, 0.6) is 0 Å². The average Bonchev–Trinajstić information content (AvgIpc) is 2.84. The summed E-state index contributed by atoms with van der Waals surface area (Å²) in [5.41, 5.74) is 0. The Hall–Kier alpha value is -0.720. The molecule has 0 saturated heterocycles. The summed E-state index contributed by atoms with van der Waals surface area (Å²) in [7, 11) is 1.98. The second-order valence-corrected chi connectivity index (χ2v) is 5.53. The molecule has 0 amide bonds. The summed E-state index contributed by atoms with van der Waals surface area (Å²) in [6.07, 6.45) is 0.966. The van der Waals surface area contributed by atoms with E-state index in [0.29, 0.717) is 0 Å². The summed E-state index contributed by atoms with van der Waals surface area (Å²) in [5.74, 6) is 0. The number of hydrogen-bond donors (Lipinski definition) is 0. The molecule has 2 rings (SSSR count). The fourth-order valence-electron chi connectivity index (χ4n) is 1.14. The molecule has 2 heterocycles. The highest BCUT2D eigenvalue weighted by atomic mass is 35.5. The Morgan fingerprint density at radius 3 is 2.93 bits per heavy atom. The van der Waals surface area contributed by atoms with Gasteiger partial charge >= 0.3 is 0 Å². The summed E-state index contributed by atoms with van der Waals surface area (Å²) in [4.78, 5) is 3.32. The van der Waals surface area contributed by atoms with Crippen LogP contribution in [0.2, 0.25) is 4.34 Å². The lowest BCUT2D eigenvalue weighted by Crippen LogP contribution is -2.19. The maximum absolute atomic E-state index is 5.85. The van der Waals surface area contributed by atoms with E-state index in [9.17, 15) is 0 Å². The predicted molar refractivity (Wildman–Crippen MR) is 64.0 cm³/mol. The minimum Gasteiger partial charge on any atom is -0.348 e. The van der Waals surface area contributed by atoms with Gasteiger partial charge < -0.3 is 4.90 Å². The normalized spacial score (nSPS) is 10.5. The van der Waals surface area contributed by atoms with Crippen molar-refractivity contribution in [1.29, 1.82) is 0 Å². The molecule has 0 bridgehead atoms. The van der Waals surface area contributed by atoms with Crippen LogP contribution in [0.25, 0.3) is 0 Å². The van der Waals surface area contributed by atoms with Crippen LogP contribution >= 0.6 is 34.5 Å². The molecule has 0 spiro atoms. The largest absolute Gasteiger partial charge is 0.348 e. The number of likely N-dealkylation sites (N-methyl/N-ethyl adjacent to an activating group) is 1. The molecule has 0 aromatic carbocycles. The Labute approximate surface area is 101 Å². The molecule has 0 radical (unpaired) electrons. The summed E-state index contributed by atoms with van der Waals surface area (Å²) in [5, 5.41) is 8.30. The smallest absolute Gasteiger partial charge is 0.227 e. The Kier molecular flexibility index (Phi) is 3.50. The molecule has 0 atom stereocenters. The van der Waals surface area contributed by atoms with E-state index >= 15 is 0 Å². The van der Waals surface area contributed by atoms with Gasteiger partial charge in [-0.15, -0.1) is 11.3 Å². The Morgan fingerprint density at radius 2 is 2.33 bits per heavy atom. The third kappa shape index (κ3) is 2.87. The number of hydrogen-bond acceptors (Lipinski definition) is 6. The van der Waals surface area contributed by atoms with Crippen molar-refractivity contribution in [2.75, 3.05) is 18.5 Å². The molecule has 0 N–H and O–H groups in total. The van der Waals surface area contributed by atoms with Gasteiger partial charge in [0.1, 0.15) is 0 Å². The van der Waals surface area contributed by atoms with Crippen LogP contribution in [-0.4, -0.2) is 28.4 Å². The van der Waals surface area contributed by atoms with Crippen LogP contribution in [-0.2, 0) is 6.42 Å². The first-order valence-corrected chi connectivity index (χ1v) is 6.33. The average molecular weight is 261 g/mol. The molecule has 15 heavy (non-hydrogen) atoms. The van der Waals surface area contributed by atoms with Crippen LogP contribution in [0.3, 0.4) is 0 Å². The Morgan fingerprint density at radius 1 is 1.47 bits per heavy atom. The maximum Gasteiger partial charge on any atom is 0.227 e. The van der Waals surface area contributed by atoms with Crippen LogP contribution in [0, 0.1) is 0 Å². The molecule has 7 heteroatoms. The van der Waals surface area contributed by atoms with Crippen LogP contribution in [0.4, 0.5) is 5.13 Å². The first-order valence-electron chi connectivity index (χ1n) is 4.36. The molecule has 0 unspecified atom stereocenters. The summed E-state index contributed by atoms with van der Waals surface area (Å²) in [6, 6.07) is 3.98. The zero-order chi connectivity index (χ0) is 10.7. The fourth-order valence-corrected chi connectivity index (χ4v) is 2.66. The topological polar surface area (TPSA) is 41.9 Å². The lowest BCUT2D eigenvalue weighted by atomic mass is 10.3. The van der Waals surface area contributed by atoms with Gasteiger partial charge in [-0.25, -0.2) is 0 Å². The number of rotatable bonds is 4. The first-order chi connectivity index (χ1) is 7.25. The van der Waals surface area contributed by atoms with Crippen molar-refractivity contribution >= 4 is 39.6 Å². The standard InChI is InChI=1S/C8H9ClN4S2/c1-13(8-10-11-12-15-8)5-4-6-2-3-7(9)14-6/h2-3H,4-5H2,1H3. The van der Waals surface area contributed by atoms with Crippen molar-refractivity contribution < 1.29 is 0 Å². The van der Waals surface area contributed by atoms with Crippen LogP contribution in [0.1, 0.15) is 4.88 Å². The third-order valence-electron chi connectivity index (χ3n) is 1.94. The van der Waals surface area contributed by atoms with Crippen molar-refractivity contribution in [3.8, 4) is 0 Å². The maximum atomic E-state index is 5.85. The van der Waals surface area contributed by atoms with Gasteiger partial charge in [0.25, 0.3) is 0 Å². The highest BCUT2D eigenvalue weighted by Crippen LogP contribution is 2.22. The van der Waals surface area contributed by atoms with E-state index in [2.05, 4.69) is 20.9 Å². The van der Waals surface area contributed by atoms with Crippen molar-refractivity contribution in [3.05, 3.63) is 21.3 Å². The van der Waals surface area contributed by atoms with Gasteiger partial charge in [-0.3, -0.25) is 0 Å². The van der Waals surface area contributed by atoms with Gasteiger partial charge in [0.15, 0.2) is 0 Å². The predicted octanol–water partition coefficient (Wildman–Crippen LogP) is 2.33. The van der Waals surface area contributed by atoms with Crippen molar-refractivity contribution in [2.45, 2.75) is 6.42 Å². The number of aromatic nitrogens is 3. The highest BCUT2D eigenvalue weighted by Gasteiger charge is 2.06. The van der Waals surface area contributed by atoms with E-state index in [1.165, 1.54) is 16.4 Å². The van der Waals surface area contributed by atoms with E-state index in [1.807, 2.05) is 18.0 Å². The fraction of sp³-hybridized carbons (Fsp3) is 0.375.